The van der Waals surface area contributed by atoms with Crippen LogP contribution in [-0.4, -0.2) is 46.7 Å². The molecule has 0 atom stereocenters. The second-order valence-electron chi connectivity index (χ2n) is 5.13. The number of carbonyl (C=O) groups excluding carboxylic acids is 1. The SMILES string of the molecule is CCN(CCC(=O)O)C(=O)c1cnc(-c2ccc3c(c2)OCO3)s1. The van der Waals surface area contributed by atoms with Crippen molar-refractivity contribution < 1.29 is 24.2 Å². The Bertz CT molecular complexity index is 774. The average molecular weight is 348 g/mol. The van der Waals surface area contributed by atoms with Crippen molar-refractivity contribution in [1.82, 2.24) is 9.88 Å². The van der Waals surface area contributed by atoms with Gasteiger partial charge in [0, 0.05) is 18.7 Å². The van der Waals surface area contributed by atoms with Crippen molar-refractivity contribution >= 4 is 23.2 Å². The van der Waals surface area contributed by atoms with Gasteiger partial charge in [-0.2, -0.15) is 0 Å². The number of benzene rings is 1. The fourth-order valence-corrected chi connectivity index (χ4v) is 3.21. The number of carboxylic acids is 1. The van der Waals surface area contributed by atoms with E-state index in [9.17, 15) is 9.59 Å². The number of hydrogen-bond donors (Lipinski definition) is 1. The molecule has 0 spiro atoms. The number of carboxylic acid groups (broad SMARTS) is 1. The van der Waals surface area contributed by atoms with E-state index in [-0.39, 0.29) is 25.7 Å². The molecule has 1 N–H and O–H groups in total. The number of rotatable bonds is 6. The van der Waals surface area contributed by atoms with Crippen molar-refractivity contribution in [2.45, 2.75) is 13.3 Å². The largest absolute Gasteiger partial charge is 0.481 e. The van der Waals surface area contributed by atoms with Gasteiger partial charge in [0.25, 0.3) is 5.91 Å². The minimum absolute atomic E-state index is 0.0760. The summed E-state index contributed by atoms with van der Waals surface area (Å²) in [4.78, 5) is 29.5. The Labute approximate surface area is 142 Å². The first kappa shape index (κ1) is 16.3. The second kappa shape index (κ2) is 6.88. The molecule has 0 fully saturated rings. The van der Waals surface area contributed by atoms with Crippen LogP contribution in [0.3, 0.4) is 0 Å². The Hall–Kier alpha value is -2.61. The summed E-state index contributed by atoms with van der Waals surface area (Å²) >= 11 is 1.27. The Morgan fingerprint density at radius 3 is 2.88 bits per heavy atom. The molecule has 0 bridgehead atoms. The molecule has 126 valence electrons. The molecular weight excluding hydrogens is 332 g/mol. The van der Waals surface area contributed by atoms with Crippen molar-refractivity contribution in [3.8, 4) is 22.1 Å². The second-order valence-corrected chi connectivity index (χ2v) is 6.16. The van der Waals surface area contributed by atoms with Crippen LogP contribution >= 0.6 is 11.3 Å². The lowest BCUT2D eigenvalue weighted by Crippen LogP contribution is -2.32. The zero-order chi connectivity index (χ0) is 17.1. The van der Waals surface area contributed by atoms with Crippen molar-refractivity contribution in [3.63, 3.8) is 0 Å². The molecular formula is C16H16N2O5S. The minimum Gasteiger partial charge on any atom is -0.481 e. The van der Waals surface area contributed by atoms with Gasteiger partial charge >= 0.3 is 5.97 Å². The Kier molecular flexibility index (Phi) is 4.66. The number of amides is 1. The molecule has 2 aromatic rings. The van der Waals surface area contributed by atoms with Crippen LogP contribution in [0.15, 0.2) is 24.4 Å². The first-order valence-electron chi connectivity index (χ1n) is 7.45. The van der Waals surface area contributed by atoms with Crippen LogP contribution < -0.4 is 9.47 Å². The van der Waals surface area contributed by atoms with Crippen molar-refractivity contribution in [2.24, 2.45) is 0 Å². The van der Waals surface area contributed by atoms with Gasteiger partial charge in [-0.25, -0.2) is 4.98 Å². The number of ether oxygens (including phenoxy) is 2. The number of nitrogens with zero attached hydrogens (tertiary/aromatic N) is 2. The molecule has 7 nitrogen and oxygen atoms in total. The quantitative estimate of drug-likeness (QED) is 0.863. The number of aromatic nitrogens is 1. The van der Waals surface area contributed by atoms with E-state index >= 15 is 0 Å². The van der Waals surface area contributed by atoms with Gasteiger partial charge < -0.3 is 19.5 Å². The fourth-order valence-electron chi connectivity index (χ4n) is 2.33. The molecule has 1 aromatic carbocycles. The van der Waals surface area contributed by atoms with E-state index in [0.717, 1.165) is 5.56 Å². The maximum Gasteiger partial charge on any atom is 0.305 e. The lowest BCUT2D eigenvalue weighted by molar-refractivity contribution is -0.137. The molecule has 2 heterocycles. The number of fused-ring (bicyclic) bond motifs is 1. The molecule has 0 saturated carbocycles. The van der Waals surface area contributed by atoms with E-state index in [0.29, 0.717) is 27.9 Å². The standard InChI is InChI=1S/C16H16N2O5S/c1-2-18(6-5-14(19)20)16(21)13-8-17-15(24-13)10-3-4-11-12(7-10)23-9-22-11/h3-4,7-8H,2,5-6,9H2,1H3,(H,19,20). The maximum atomic E-state index is 12.5. The molecule has 8 heteroatoms. The smallest absolute Gasteiger partial charge is 0.305 e. The van der Waals surface area contributed by atoms with Crippen LogP contribution in [0.5, 0.6) is 11.5 Å². The molecule has 0 saturated heterocycles. The third-order valence-electron chi connectivity index (χ3n) is 3.60. The number of thiazole rings is 1. The van der Waals surface area contributed by atoms with E-state index < -0.39 is 5.97 Å². The molecule has 1 amide bonds. The highest BCUT2D eigenvalue weighted by Crippen LogP contribution is 2.37. The summed E-state index contributed by atoms with van der Waals surface area (Å²) in [6.07, 6.45) is 1.45. The number of carbonyl (C=O) groups is 2. The summed E-state index contributed by atoms with van der Waals surface area (Å²) in [5, 5.41) is 9.47. The van der Waals surface area contributed by atoms with E-state index in [4.69, 9.17) is 14.6 Å². The van der Waals surface area contributed by atoms with Crippen LogP contribution in [0, 0.1) is 0 Å². The molecule has 0 radical (unpaired) electrons. The highest BCUT2D eigenvalue weighted by Gasteiger charge is 2.20. The van der Waals surface area contributed by atoms with E-state index in [2.05, 4.69) is 4.98 Å². The zero-order valence-electron chi connectivity index (χ0n) is 13.0. The van der Waals surface area contributed by atoms with Gasteiger partial charge in [0.15, 0.2) is 11.5 Å². The third-order valence-corrected chi connectivity index (χ3v) is 4.63. The minimum atomic E-state index is -0.924. The number of aliphatic carboxylic acids is 1. The Balaban J connectivity index is 1.77. The maximum absolute atomic E-state index is 12.5. The molecule has 24 heavy (non-hydrogen) atoms. The molecule has 0 unspecified atom stereocenters. The highest BCUT2D eigenvalue weighted by molar-refractivity contribution is 7.16. The summed E-state index contributed by atoms with van der Waals surface area (Å²) < 4.78 is 10.6. The van der Waals surface area contributed by atoms with E-state index in [1.807, 2.05) is 25.1 Å². The first-order chi connectivity index (χ1) is 11.6. The average Bonchev–Trinajstić information content (AvgIpc) is 3.23. The summed E-state index contributed by atoms with van der Waals surface area (Å²) in [6.45, 7) is 2.65. The summed E-state index contributed by atoms with van der Waals surface area (Å²) in [5.41, 5.74) is 0.844. The van der Waals surface area contributed by atoms with Crippen LogP contribution in [0.25, 0.3) is 10.6 Å². The molecule has 0 aliphatic carbocycles. The highest BCUT2D eigenvalue weighted by atomic mass is 32.1. The Morgan fingerprint density at radius 1 is 1.33 bits per heavy atom. The predicted octanol–water partition coefficient (Wildman–Crippen LogP) is 2.48. The number of hydrogen-bond acceptors (Lipinski definition) is 6. The van der Waals surface area contributed by atoms with Crippen LogP contribution in [0.4, 0.5) is 0 Å². The van der Waals surface area contributed by atoms with E-state index in [1.165, 1.54) is 22.4 Å². The topological polar surface area (TPSA) is 89.0 Å². The molecule has 1 aromatic heterocycles. The third kappa shape index (κ3) is 3.33. The van der Waals surface area contributed by atoms with Crippen LogP contribution in [0.2, 0.25) is 0 Å². The van der Waals surface area contributed by atoms with Crippen LogP contribution in [-0.2, 0) is 4.79 Å². The lowest BCUT2D eigenvalue weighted by atomic mass is 10.2. The van der Waals surface area contributed by atoms with Gasteiger partial charge in [-0.15, -0.1) is 11.3 Å². The van der Waals surface area contributed by atoms with E-state index in [1.54, 1.807) is 0 Å². The lowest BCUT2D eigenvalue weighted by Gasteiger charge is -2.18. The van der Waals surface area contributed by atoms with Gasteiger partial charge in [-0.3, -0.25) is 9.59 Å². The Morgan fingerprint density at radius 2 is 2.12 bits per heavy atom. The molecule has 1 aliphatic rings. The normalized spacial score (nSPS) is 12.2. The van der Waals surface area contributed by atoms with Gasteiger partial charge in [0.1, 0.15) is 9.88 Å². The van der Waals surface area contributed by atoms with Gasteiger partial charge in [0.2, 0.25) is 6.79 Å². The summed E-state index contributed by atoms with van der Waals surface area (Å²) in [7, 11) is 0. The molecule has 3 rings (SSSR count). The van der Waals surface area contributed by atoms with Gasteiger partial charge in [-0.05, 0) is 25.1 Å². The van der Waals surface area contributed by atoms with Gasteiger partial charge in [0.05, 0.1) is 12.6 Å². The first-order valence-corrected chi connectivity index (χ1v) is 8.27. The summed E-state index contributed by atoms with van der Waals surface area (Å²) in [6, 6.07) is 5.51. The van der Waals surface area contributed by atoms with Crippen molar-refractivity contribution in [2.75, 3.05) is 19.9 Å². The molecule has 1 aliphatic heterocycles. The fraction of sp³-hybridized carbons (Fsp3) is 0.312. The van der Waals surface area contributed by atoms with Gasteiger partial charge in [-0.1, -0.05) is 0 Å². The van der Waals surface area contributed by atoms with Crippen LogP contribution in [0.1, 0.15) is 23.0 Å². The monoisotopic (exact) mass is 348 g/mol. The predicted molar refractivity (Wildman–Crippen MR) is 87.5 cm³/mol. The van der Waals surface area contributed by atoms with Crippen molar-refractivity contribution in [1.29, 1.82) is 0 Å². The zero-order valence-corrected chi connectivity index (χ0v) is 13.8. The van der Waals surface area contributed by atoms with Crippen molar-refractivity contribution in [3.05, 3.63) is 29.3 Å². The summed E-state index contributed by atoms with van der Waals surface area (Å²) in [5.74, 6) is 0.222.